The monoisotopic (exact) mass is 409 g/mol. The number of carboxylic acids is 1. The molecule has 0 saturated heterocycles. The van der Waals surface area contributed by atoms with Gasteiger partial charge in [-0.1, -0.05) is 12.1 Å². The first kappa shape index (κ1) is 19.0. The smallest absolute Gasteiger partial charge is 0.338 e. The molecule has 1 aromatic carbocycles. The first-order valence-corrected chi connectivity index (χ1v) is 10.1. The number of benzene rings is 1. The Morgan fingerprint density at radius 2 is 2.14 bits per heavy atom. The molecule has 1 saturated carbocycles. The van der Waals surface area contributed by atoms with E-state index < -0.39 is 17.9 Å². The molecule has 8 heteroatoms. The van der Waals surface area contributed by atoms with E-state index in [9.17, 15) is 20.0 Å². The zero-order valence-electron chi connectivity index (χ0n) is 15.7. The highest BCUT2D eigenvalue weighted by molar-refractivity contribution is 7.17. The summed E-state index contributed by atoms with van der Waals surface area (Å²) < 4.78 is 6.19. The van der Waals surface area contributed by atoms with Crippen molar-refractivity contribution in [3.05, 3.63) is 57.4 Å². The van der Waals surface area contributed by atoms with Gasteiger partial charge in [-0.05, 0) is 48.1 Å². The van der Waals surface area contributed by atoms with Gasteiger partial charge in [0.1, 0.15) is 11.9 Å². The van der Waals surface area contributed by atoms with Crippen molar-refractivity contribution in [2.75, 3.05) is 6.61 Å². The van der Waals surface area contributed by atoms with Crippen LogP contribution >= 0.6 is 11.3 Å². The van der Waals surface area contributed by atoms with Gasteiger partial charge in [0.15, 0.2) is 0 Å². The minimum absolute atomic E-state index is 0.0413. The number of allylic oxidation sites excluding steroid dienone is 1. The van der Waals surface area contributed by atoms with E-state index in [1.165, 1.54) is 11.3 Å². The summed E-state index contributed by atoms with van der Waals surface area (Å²) >= 11 is 1.34. The number of carbonyl (C=O) groups excluding carboxylic acids is 1. The fourth-order valence-electron chi connectivity index (χ4n) is 3.62. The average Bonchev–Trinajstić information content (AvgIpc) is 3.41. The minimum Gasteiger partial charge on any atom is -0.478 e. The number of thiophene rings is 1. The van der Waals surface area contributed by atoms with Crippen LogP contribution in [-0.2, 0) is 14.3 Å². The third-order valence-electron chi connectivity index (χ3n) is 5.25. The summed E-state index contributed by atoms with van der Waals surface area (Å²) in [5.74, 6) is -2.19. The third kappa shape index (κ3) is 3.34. The number of fused-ring (bicyclic) bond motifs is 1. The van der Waals surface area contributed by atoms with Crippen LogP contribution in [-0.4, -0.2) is 23.7 Å². The predicted octanol–water partition coefficient (Wildman–Crippen LogP) is 2.94. The minimum atomic E-state index is -1.14. The maximum Gasteiger partial charge on any atom is 0.338 e. The first-order valence-electron chi connectivity index (χ1n) is 9.20. The van der Waals surface area contributed by atoms with Gasteiger partial charge in [0.05, 0.1) is 33.9 Å². The molecular formula is C21H19N3O4S. The van der Waals surface area contributed by atoms with Gasteiger partial charge in [-0.3, -0.25) is 0 Å². The molecule has 1 aliphatic carbocycles. The number of nitrogens with one attached hydrogen (secondary N) is 1. The van der Waals surface area contributed by atoms with Crippen molar-refractivity contribution < 1.29 is 19.4 Å². The summed E-state index contributed by atoms with van der Waals surface area (Å²) in [6.45, 7) is 1.92. The Morgan fingerprint density at radius 1 is 1.38 bits per heavy atom. The zero-order valence-corrected chi connectivity index (χ0v) is 16.5. The molecular weight excluding hydrogens is 390 g/mol. The summed E-state index contributed by atoms with van der Waals surface area (Å²) in [5.41, 5.74) is 7.77. The van der Waals surface area contributed by atoms with Gasteiger partial charge in [-0.2, -0.15) is 5.26 Å². The largest absolute Gasteiger partial charge is 0.478 e. The molecule has 0 bridgehead atoms. The van der Waals surface area contributed by atoms with Crippen molar-refractivity contribution in [2.45, 2.75) is 25.7 Å². The molecule has 29 heavy (non-hydrogen) atoms. The molecule has 1 atom stereocenters. The molecule has 7 nitrogen and oxygen atoms in total. The molecule has 148 valence electrons. The topological polar surface area (TPSA) is 125 Å². The van der Waals surface area contributed by atoms with Crippen molar-refractivity contribution in [3.8, 4) is 6.07 Å². The number of dihydropyridines is 1. The molecule has 1 aromatic heterocycles. The van der Waals surface area contributed by atoms with Crippen molar-refractivity contribution in [3.63, 3.8) is 0 Å². The number of carboxylic acid groups (broad SMARTS) is 1. The maximum atomic E-state index is 12.9. The zero-order chi connectivity index (χ0) is 20.7. The Hall–Kier alpha value is -3.31. The van der Waals surface area contributed by atoms with Crippen LogP contribution in [0.25, 0.3) is 10.1 Å². The lowest BCUT2D eigenvalue weighted by atomic mass is 9.81. The van der Waals surface area contributed by atoms with Crippen LogP contribution in [0.1, 0.15) is 36.8 Å². The number of ether oxygens (including phenoxy) is 1. The Labute approximate surface area is 171 Å². The summed E-state index contributed by atoms with van der Waals surface area (Å²) in [6, 6.07) is 7.43. The van der Waals surface area contributed by atoms with Gasteiger partial charge in [-0.25, -0.2) is 9.59 Å². The number of carbonyl (C=O) groups is 2. The van der Waals surface area contributed by atoms with E-state index in [4.69, 9.17) is 10.5 Å². The average molecular weight is 409 g/mol. The fraction of sp³-hybridized carbons (Fsp3) is 0.286. The molecule has 2 aromatic rings. The molecule has 0 radical (unpaired) electrons. The Morgan fingerprint density at radius 3 is 2.79 bits per heavy atom. The van der Waals surface area contributed by atoms with Crippen LogP contribution in [0.5, 0.6) is 0 Å². The lowest BCUT2D eigenvalue weighted by molar-refractivity contribution is -0.139. The predicted molar refractivity (Wildman–Crippen MR) is 108 cm³/mol. The highest BCUT2D eigenvalue weighted by Crippen LogP contribution is 2.43. The molecule has 1 aliphatic heterocycles. The first-order chi connectivity index (χ1) is 13.9. The van der Waals surface area contributed by atoms with E-state index in [1.54, 1.807) is 24.4 Å². The van der Waals surface area contributed by atoms with E-state index in [2.05, 4.69) is 11.4 Å². The summed E-state index contributed by atoms with van der Waals surface area (Å²) in [5, 5.41) is 24.6. The number of nitrogens with two attached hydrogens (primary N) is 1. The van der Waals surface area contributed by atoms with Crippen LogP contribution in [0, 0.1) is 17.2 Å². The van der Waals surface area contributed by atoms with Crippen LogP contribution in [0.3, 0.4) is 0 Å². The van der Waals surface area contributed by atoms with Crippen LogP contribution in [0.4, 0.5) is 0 Å². The third-order valence-corrected chi connectivity index (χ3v) is 6.30. The second-order valence-electron chi connectivity index (χ2n) is 7.26. The quantitative estimate of drug-likeness (QED) is 0.648. The highest BCUT2D eigenvalue weighted by Gasteiger charge is 2.39. The number of rotatable bonds is 5. The Balaban J connectivity index is 1.87. The summed E-state index contributed by atoms with van der Waals surface area (Å²) in [4.78, 5) is 25.0. The molecule has 1 unspecified atom stereocenters. The molecule has 1 fully saturated rings. The number of nitriles is 1. The molecule has 0 amide bonds. The maximum absolute atomic E-state index is 12.9. The van der Waals surface area contributed by atoms with E-state index in [-0.39, 0.29) is 17.0 Å². The lowest BCUT2D eigenvalue weighted by Crippen LogP contribution is -2.35. The number of hydrogen-bond acceptors (Lipinski definition) is 7. The van der Waals surface area contributed by atoms with Gasteiger partial charge >= 0.3 is 11.9 Å². The van der Waals surface area contributed by atoms with Crippen molar-refractivity contribution in [1.82, 2.24) is 5.32 Å². The van der Waals surface area contributed by atoms with Gasteiger partial charge < -0.3 is 20.9 Å². The van der Waals surface area contributed by atoms with Gasteiger partial charge in [0, 0.05) is 5.70 Å². The van der Waals surface area contributed by atoms with Gasteiger partial charge in [0.25, 0.3) is 0 Å². The molecule has 0 spiro atoms. The standard InChI is InChI=1S/C21H19N3O4S/c1-10-15(20(25)26)16(14-9-29-18-12(7-22)3-2-4-13(14)18)17(19(23)24-10)21(27)28-8-11-5-6-11/h2-4,9,11,16,24H,5-6,8,23H2,1H3,(H,25,26). The molecule has 2 heterocycles. The highest BCUT2D eigenvalue weighted by atomic mass is 32.1. The van der Waals surface area contributed by atoms with E-state index >= 15 is 0 Å². The SMILES string of the molecule is CC1=C(C(=O)O)C(c2csc3c(C#N)cccc23)C(C(=O)OCC2CC2)=C(N)N1. The second kappa shape index (κ2) is 7.26. The van der Waals surface area contributed by atoms with E-state index in [0.29, 0.717) is 29.3 Å². The lowest BCUT2D eigenvalue weighted by Gasteiger charge is -2.29. The Bertz CT molecular complexity index is 1130. The van der Waals surface area contributed by atoms with Gasteiger partial charge in [0.2, 0.25) is 0 Å². The van der Waals surface area contributed by atoms with E-state index in [0.717, 1.165) is 22.9 Å². The van der Waals surface area contributed by atoms with Gasteiger partial charge in [-0.15, -0.1) is 11.3 Å². The van der Waals surface area contributed by atoms with Crippen LogP contribution < -0.4 is 11.1 Å². The summed E-state index contributed by atoms with van der Waals surface area (Å²) in [6.07, 6.45) is 2.05. The number of hydrogen-bond donors (Lipinski definition) is 3. The number of nitrogens with zero attached hydrogens (tertiary/aromatic N) is 1. The molecule has 2 aliphatic rings. The normalized spacial score (nSPS) is 19.1. The van der Waals surface area contributed by atoms with Crippen LogP contribution in [0.15, 0.2) is 46.2 Å². The summed E-state index contributed by atoms with van der Waals surface area (Å²) in [7, 11) is 0. The van der Waals surface area contributed by atoms with Crippen molar-refractivity contribution in [1.29, 1.82) is 5.26 Å². The molecule has 4 rings (SSSR count). The Kier molecular flexibility index (Phi) is 4.76. The fourth-order valence-corrected chi connectivity index (χ4v) is 4.68. The van der Waals surface area contributed by atoms with Crippen molar-refractivity contribution >= 4 is 33.4 Å². The molecule has 4 N–H and O–H groups in total. The van der Waals surface area contributed by atoms with Crippen LogP contribution in [0.2, 0.25) is 0 Å². The number of aliphatic carboxylic acids is 1. The number of esters is 1. The van der Waals surface area contributed by atoms with E-state index in [1.807, 2.05) is 6.07 Å². The van der Waals surface area contributed by atoms with Crippen molar-refractivity contribution in [2.24, 2.45) is 11.7 Å². The second-order valence-corrected chi connectivity index (χ2v) is 8.14.